The van der Waals surface area contributed by atoms with E-state index in [1.54, 1.807) is 0 Å². The molecule has 0 radical (unpaired) electrons. The van der Waals surface area contributed by atoms with E-state index in [9.17, 15) is 4.79 Å². The molecule has 0 aliphatic heterocycles. The largest absolute Gasteiger partial charge is 0.481 e. The Bertz CT molecular complexity index is 311. The predicted octanol–water partition coefficient (Wildman–Crippen LogP) is 2.07. The van der Waals surface area contributed by atoms with Gasteiger partial charge >= 0.3 is 5.97 Å². The maximum absolute atomic E-state index is 10.3. The molecule has 1 rings (SSSR count). The Morgan fingerprint density at radius 2 is 2.06 bits per heavy atom. The zero-order valence-electron chi connectivity index (χ0n) is 9.65. The average molecular weight is 221 g/mol. The minimum absolute atomic E-state index is 0.190. The molecule has 0 saturated heterocycles. The first kappa shape index (κ1) is 12.7. The van der Waals surface area contributed by atoms with Crippen LogP contribution in [0, 0.1) is 0 Å². The minimum atomic E-state index is -0.747. The van der Waals surface area contributed by atoms with Gasteiger partial charge in [0.25, 0.3) is 0 Å². The first-order valence-electron chi connectivity index (χ1n) is 5.67. The molecule has 0 aromatic heterocycles. The van der Waals surface area contributed by atoms with Crippen molar-refractivity contribution in [1.82, 2.24) is 5.32 Å². The van der Waals surface area contributed by atoms with Gasteiger partial charge in [0.05, 0.1) is 6.42 Å². The van der Waals surface area contributed by atoms with Crippen LogP contribution in [0.15, 0.2) is 30.3 Å². The van der Waals surface area contributed by atoms with Crippen LogP contribution in [0.25, 0.3) is 0 Å². The number of hydrogen-bond donors (Lipinski definition) is 2. The number of carboxylic acid groups (broad SMARTS) is 1. The highest BCUT2D eigenvalue weighted by Gasteiger charge is 2.03. The van der Waals surface area contributed by atoms with E-state index in [1.165, 1.54) is 5.56 Å². The normalized spacial score (nSPS) is 12.3. The van der Waals surface area contributed by atoms with Gasteiger partial charge in [-0.1, -0.05) is 30.3 Å². The van der Waals surface area contributed by atoms with Crippen LogP contribution in [0.3, 0.4) is 0 Å². The molecule has 3 nitrogen and oxygen atoms in total. The maximum atomic E-state index is 10.3. The predicted molar refractivity (Wildman–Crippen MR) is 64.5 cm³/mol. The van der Waals surface area contributed by atoms with E-state index in [1.807, 2.05) is 18.2 Å². The van der Waals surface area contributed by atoms with E-state index < -0.39 is 5.97 Å². The summed E-state index contributed by atoms with van der Waals surface area (Å²) in [5.74, 6) is -0.747. The molecule has 2 N–H and O–H groups in total. The number of aliphatic carboxylic acids is 1. The van der Waals surface area contributed by atoms with E-state index in [-0.39, 0.29) is 6.42 Å². The SMILES string of the molecule is C[C@@H](CCc1ccccc1)NCCC(=O)O. The van der Waals surface area contributed by atoms with Crippen molar-refractivity contribution in [1.29, 1.82) is 0 Å². The van der Waals surface area contributed by atoms with Crippen LogP contribution in [0.4, 0.5) is 0 Å². The van der Waals surface area contributed by atoms with Crippen LogP contribution in [0.1, 0.15) is 25.3 Å². The van der Waals surface area contributed by atoms with Crippen molar-refractivity contribution in [3.8, 4) is 0 Å². The van der Waals surface area contributed by atoms with E-state index in [4.69, 9.17) is 5.11 Å². The molecular weight excluding hydrogens is 202 g/mol. The first-order chi connectivity index (χ1) is 7.68. The number of aryl methyl sites for hydroxylation is 1. The molecule has 88 valence electrons. The molecule has 1 atom stereocenters. The topological polar surface area (TPSA) is 49.3 Å². The molecule has 0 heterocycles. The minimum Gasteiger partial charge on any atom is -0.481 e. The number of rotatable bonds is 7. The van der Waals surface area contributed by atoms with Gasteiger partial charge in [0, 0.05) is 12.6 Å². The number of nitrogens with one attached hydrogen (secondary N) is 1. The third kappa shape index (κ3) is 5.51. The van der Waals surface area contributed by atoms with Crippen molar-refractivity contribution in [3.63, 3.8) is 0 Å². The highest BCUT2D eigenvalue weighted by molar-refractivity contribution is 5.66. The second-order valence-corrected chi connectivity index (χ2v) is 4.02. The lowest BCUT2D eigenvalue weighted by atomic mass is 10.1. The van der Waals surface area contributed by atoms with Crippen molar-refractivity contribution < 1.29 is 9.90 Å². The van der Waals surface area contributed by atoms with Gasteiger partial charge in [0.2, 0.25) is 0 Å². The highest BCUT2D eigenvalue weighted by atomic mass is 16.4. The van der Waals surface area contributed by atoms with Gasteiger partial charge in [-0.05, 0) is 25.3 Å². The number of hydrogen-bond acceptors (Lipinski definition) is 2. The molecule has 3 heteroatoms. The smallest absolute Gasteiger partial charge is 0.304 e. The third-order valence-corrected chi connectivity index (χ3v) is 2.54. The quantitative estimate of drug-likeness (QED) is 0.741. The molecule has 0 unspecified atom stereocenters. The van der Waals surface area contributed by atoms with Gasteiger partial charge < -0.3 is 10.4 Å². The van der Waals surface area contributed by atoms with Crippen LogP contribution in [-0.2, 0) is 11.2 Å². The number of carboxylic acids is 1. The summed E-state index contributed by atoms with van der Waals surface area (Å²) in [6, 6.07) is 10.7. The van der Waals surface area contributed by atoms with Crippen LogP contribution in [0.2, 0.25) is 0 Å². The van der Waals surface area contributed by atoms with Gasteiger partial charge in [-0.25, -0.2) is 0 Å². The van der Waals surface area contributed by atoms with E-state index >= 15 is 0 Å². The molecule has 16 heavy (non-hydrogen) atoms. The third-order valence-electron chi connectivity index (χ3n) is 2.54. The Labute approximate surface area is 96.5 Å². The Kier molecular flexibility index (Phi) is 5.57. The second-order valence-electron chi connectivity index (χ2n) is 4.02. The molecule has 0 saturated carbocycles. The molecule has 0 aliphatic carbocycles. The summed E-state index contributed by atoms with van der Waals surface area (Å²) in [4.78, 5) is 10.3. The Morgan fingerprint density at radius 1 is 1.38 bits per heavy atom. The molecule has 1 aromatic carbocycles. The van der Waals surface area contributed by atoms with Crippen LogP contribution in [0.5, 0.6) is 0 Å². The van der Waals surface area contributed by atoms with Crippen LogP contribution < -0.4 is 5.32 Å². The first-order valence-corrected chi connectivity index (χ1v) is 5.67. The zero-order chi connectivity index (χ0) is 11.8. The van der Waals surface area contributed by atoms with Gasteiger partial charge in [-0.2, -0.15) is 0 Å². The van der Waals surface area contributed by atoms with Gasteiger partial charge in [-0.3, -0.25) is 4.79 Å². The van der Waals surface area contributed by atoms with Crippen LogP contribution >= 0.6 is 0 Å². The fraction of sp³-hybridized carbons (Fsp3) is 0.462. The summed E-state index contributed by atoms with van der Waals surface area (Å²) >= 11 is 0. The monoisotopic (exact) mass is 221 g/mol. The fourth-order valence-electron chi connectivity index (χ4n) is 1.56. The van der Waals surface area contributed by atoms with Gasteiger partial charge in [-0.15, -0.1) is 0 Å². The molecule has 0 amide bonds. The summed E-state index contributed by atoms with van der Waals surface area (Å²) in [5.41, 5.74) is 1.33. The summed E-state index contributed by atoms with van der Waals surface area (Å²) < 4.78 is 0. The number of carbonyl (C=O) groups is 1. The lowest BCUT2D eigenvalue weighted by molar-refractivity contribution is -0.136. The van der Waals surface area contributed by atoms with Gasteiger partial charge in [0.1, 0.15) is 0 Å². The van der Waals surface area contributed by atoms with Crippen molar-refractivity contribution in [2.24, 2.45) is 0 Å². The summed E-state index contributed by atoms with van der Waals surface area (Å²) in [6.07, 6.45) is 2.25. The van der Waals surface area contributed by atoms with Crippen molar-refractivity contribution in [3.05, 3.63) is 35.9 Å². The van der Waals surface area contributed by atoms with E-state index in [0.717, 1.165) is 12.8 Å². The Morgan fingerprint density at radius 3 is 2.69 bits per heavy atom. The van der Waals surface area contributed by atoms with E-state index in [0.29, 0.717) is 12.6 Å². The van der Waals surface area contributed by atoms with Crippen molar-refractivity contribution >= 4 is 5.97 Å². The number of benzene rings is 1. The van der Waals surface area contributed by atoms with E-state index in [2.05, 4.69) is 24.4 Å². The fourth-order valence-corrected chi connectivity index (χ4v) is 1.56. The molecule has 1 aromatic rings. The Balaban J connectivity index is 2.15. The summed E-state index contributed by atoms with van der Waals surface area (Å²) in [6.45, 7) is 2.64. The molecule has 0 aliphatic rings. The van der Waals surface area contributed by atoms with Crippen LogP contribution in [-0.4, -0.2) is 23.7 Å². The molecule has 0 spiro atoms. The molecule has 0 fully saturated rings. The molecule has 0 bridgehead atoms. The molecular formula is C13H19NO2. The standard InChI is InChI=1S/C13H19NO2/c1-11(14-10-9-13(15)16)7-8-12-5-3-2-4-6-12/h2-6,11,14H,7-10H2,1H3,(H,15,16)/t11-/m0/s1. The second kappa shape index (κ2) is 7.01. The Hall–Kier alpha value is -1.35. The lowest BCUT2D eigenvalue weighted by Crippen LogP contribution is -2.28. The van der Waals surface area contributed by atoms with Crippen molar-refractivity contribution in [2.75, 3.05) is 6.54 Å². The summed E-state index contributed by atoms with van der Waals surface area (Å²) in [7, 11) is 0. The maximum Gasteiger partial charge on any atom is 0.304 e. The highest BCUT2D eigenvalue weighted by Crippen LogP contribution is 2.04. The zero-order valence-corrected chi connectivity index (χ0v) is 9.65. The lowest BCUT2D eigenvalue weighted by Gasteiger charge is -2.12. The summed E-state index contributed by atoms with van der Waals surface area (Å²) in [5, 5.41) is 11.7. The average Bonchev–Trinajstić information content (AvgIpc) is 2.27. The van der Waals surface area contributed by atoms with Crippen molar-refractivity contribution in [2.45, 2.75) is 32.2 Å². The van der Waals surface area contributed by atoms with Gasteiger partial charge in [0.15, 0.2) is 0 Å².